The Labute approximate surface area is 201 Å². The standard InChI is InChI=1S/C25H36N8O/c1-7-18-15-33(22-12-24(34)29(5)23-16-31(11-10-26)28-25(22)23)19(8-2)14-32(18)17(4)20-13-27-30(6)21(20)9-3/h12-13,16-19H,7-9,11,14-15H2,1-6H3/t17?,18-,19+/m1/s1. The van der Waals surface area contributed by atoms with Crippen molar-refractivity contribution in [2.24, 2.45) is 14.1 Å². The van der Waals surface area contributed by atoms with E-state index < -0.39 is 0 Å². The summed E-state index contributed by atoms with van der Waals surface area (Å²) in [7, 11) is 3.78. The molecule has 9 heteroatoms. The van der Waals surface area contributed by atoms with Crippen LogP contribution in [0.3, 0.4) is 0 Å². The second-order valence-corrected chi connectivity index (χ2v) is 9.32. The molecule has 1 fully saturated rings. The molecule has 9 nitrogen and oxygen atoms in total. The summed E-state index contributed by atoms with van der Waals surface area (Å²) in [5.74, 6) is 0. The molecule has 0 spiro atoms. The molecule has 1 aliphatic rings. The van der Waals surface area contributed by atoms with E-state index in [0.29, 0.717) is 6.04 Å². The Balaban J connectivity index is 1.73. The summed E-state index contributed by atoms with van der Waals surface area (Å²) in [4.78, 5) is 17.9. The second kappa shape index (κ2) is 9.63. The molecule has 1 unspecified atom stereocenters. The van der Waals surface area contributed by atoms with E-state index in [4.69, 9.17) is 10.4 Å². The van der Waals surface area contributed by atoms with E-state index in [1.807, 2.05) is 17.9 Å². The highest BCUT2D eigenvalue weighted by Crippen LogP contribution is 2.35. The summed E-state index contributed by atoms with van der Waals surface area (Å²) >= 11 is 0. The molecule has 0 amide bonds. The first kappa shape index (κ1) is 24.0. The summed E-state index contributed by atoms with van der Waals surface area (Å²) in [6.45, 7) is 10.8. The van der Waals surface area contributed by atoms with Crippen molar-refractivity contribution in [1.82, 2.24) is 29.0 Å². The minimum atomic E-state index is -0.0549. The second-order valence-electron chi connectivity index (χ2n) is 9.32. The highest BCUT2D eigenvalue weighted by molar-refractivity contribution is 5.88. The van der Waals surface area contributed by atoms with Crippen LogP contribution in [0, 0.1) is 11.3 Å². The fourth-order valence-electron chi connectivity index (χ4n) is 5.51. The van der Waals surface area contributed by atoms with Crippen molar-refractivity contribution in [3.05, 3.63) is 40.1 Å². The first-order chi connectivity index (χ1) is 16.3. The zero-order chi connectivity index (χ0) is 24.6. The molecule has 4 rings (SSSR count). The van der Waals surface area contributed by atoms with Crippen molar-refractivity contribution in [2.75, 3.05) is 18.0 Å². The van der Waals surface area contributed by atoms with Gasteiger partial charge in [-0.3, -0.25) is 19.1 Å². The summed E-state index contributed by atoms with van der Waals surface area (Å²) in [5.41, 5.74) is 4.96. The average molecular weight is 465 g/mol. The number of anilines is 1. The van der Waals surface area contributed by atoms with Gasteiger partial charge < -0.3 is 9.47 Å². The Morgan fingerprint density at radius 2 is 1.91 bits per heavy atom. The van der Waals surface area contributed by atoms with Gasteiger partial charge in [-0.05, 0) is 26.2 Å². The molecular weight excluding hydrogens is 428 g/mol. The van der Waals surface area contributed by atoms with Gasteiger partial charge in [-0.1, -0.05) is 20.8 Å². The summed E-state index contributed by atoms with van der Waals surface area (Å²) < 4.78 is 5.23. The van der Waals surface area contributed by atoms with Gasteiger partial charge in [0, 0.05) is 62.6 Å². The largest absolute Gasteiger partial charge is 0.364 e. The normalized spacial score (nSPS) is 20.1. The first-order valence-electron chi connectivity index (χ1n) is 12.3. The van der Waals surface area contributed by atoms with Gasteiger partial charge >= 0.3 is 0 Å². The van der Waals surface area contributed by atoms with Crippen LogP contribution in [0.25, 0.3) is 11.0 Å². The van der Waals surface area contributed by atoms with Crippen molar-refractivity contribution in [3.63, 3.8) is 0 Å². The molecule has 1 saturated heterocycles. The molecular formula is C25H36N8O. The van der Waals surface area contributed by atoms with E-state index in [9.17, 15) is 4.79 Å². The van der Waals surface area contributed by atoms with Crippen molar-refractivity contribution in [3.8, 4) is 6.07 Å². The number of fused-ring (bicyclic) bond motifs is 1. The number of nitrogens with zero attached hydrogens (tertiary/aromatic N) is 8. The molecule has 182 valence electrons. The van der Waals surface area contributed by atoms with Crippen LogP contribution in [0.2, 0.25) is 0 Å². The van der Waals surface area contributed by atoms with Gasteiger partial charge in [0.2, 0.25) is 0 Å². The minimum Gasteiger partial charge on any atom is -0.364 e. The van der Waals surface area contributed by atoms with E-state index in [1.54, 1.807) is 28.6 Å². The van der Waals surface area contributed by atoms with Gasteiger partial charge in [-0.15, -0.1) is 0 Å². The molecule has 0 radical (unpaired) electrons. The zero-order valence-electron chi connectivity index (χ0n) is 21.2. The van der Waals surface area contributed by atoms with Crippen molar-refractivity contribution >= 4 is 16.7 Å². The smallest absolute Gasteiger partial charge is 0.252 e. The van der Waals surface area contributed by atoms with Gasteiger partial charge in [-0.2, -0.15) is 15.5 Å². The molecule has 0 N–H and O–H groups in total. The number of piperazine rings is 1. The molecule has 3 aromatic heterocycles. The Bertz CT molecular complexity index is 1260. The van der Waals surface area contributed by atoms with Gasteiger partial charge in [0.25, 0.3) is 5.56 Å². The van der Waals surface area contributed by atoms with Gasteiger partial charge in [0.1, 0.15) is 12.1 Å². The van der Waals surface area contributed by atoms with Crippen LogP contribution in [-0.4, -0.2) is 54.2 Å². The predicted molar refractivity (Wildman–Crippen MR) is 134 cm³/mol. The van der Waals surface area contributed by atoms with Gasteiger partial charge in [0.15, 0.2) is 0 Å². The van der Waals surface area contributed by atoms with E-state index in [2.05, 4.69) is 48.7 Å². The Hall–Kier alpha value is -3.12. The summed E-state index contributed by atoms with van der Waals surface area (Å²) in [6.07, 6.45) is 6.75. The highest BCUT2D eigenvalue weighted by atomic mass is 16.1. The predicted octanol–water partition coefficient (Wildman–Crippen LogP) is 2.99. The number of rotatable bonds is 7. The molecule has 0 aliphatic carbocycles. The number of pyridine rings is 1. The minimum absolute atomic E-state index is 0.0549. The Morgan fingerprint density at radius 3 is 2.56 bits per heavy atom. The van der Waals surface area contributed by atoms with E-state index in [1.165, 1.54) is 11.3 Å². The lowest BCUT2D eigenvalue weighted by molar-refractivity contribution is 0.101. The van der Waals surface area contributed by atoms with Crippen LogP contribution in [0.5, 0.6) is 0 Å². The molecule has 0 aromatic carbocycles. The third kappa shape index (κ3) is 4.00. The first-order valence-corrected chi connectivity index (χ1v) is 12.3. The number of nitriles is 1. The maximum atomic E-state index is 12.9. The van der Waals surface area contributed by atoms with Crippen LogP contribution in [-0.2, 0) is 27.1 Å². The Kier molecular flexibility index (Phi) is 6.80. The van der Waals surface area contributed by atoms with Crippen molar-refractivity contribution in [1.29, 1.82) is 5.26 Å². The van der Waals surface area contributed by atoms with Gasteiger partial charge in [0.05, 0.1) is 29.7 Å². The fourth-order valence-corrected chi connectivity index (χ4v) is 5.51. The topological polar surface area (TPSA) is 87.9 Å². The lowest BCUT2D eigenvalue weighted by Crippen LogP contribution is -2.58. The zero-order valence-corrected chi connectivity index (χ0v) is 21.2. The van der Waals surface area contributed by atoms with Crippen molar-refractivity contribution in [2.45, 2.75) is 71.6 Å². The van der Waals surface area contributed by atoms with Crippen LogP contribution in [0.1, 0.15) is 57.8 Å². The molecule has 0 saturated carbocycles. The lowest BCUT2D eigenvalue weighted by atomic mass is 9.96. The fraction of sp³-hybridized carbons (Fsp3) is 0.600. The quantitative estimate of drug-likeness (QED) is 0.534. The number of aromatic nitrogens is 5. The third-order valence-corrected chi connectivity index (χ3v) is 7.54. The lowest BCUT2D eigenvalue weighted by Gasteiger charge is -2.49. The van der Waals surface area contributed by atoms with Gasteiger partial charge in [-0.25, -0.2) is 0 Å². The summed E-state index contributed by atoms with van der Waals surface area (Å²) in [6, 6.07) is 4.72. The van der Waals surface area contributed by atoms with Crippen LogP contribution < -0.4 is 10.5 Å². The van der Waals surface area contributed by atoms with Crippen LogP contribution in [0.15, 0.2) is 23.3 Å². The average Bonchev–Trinajstić information content (AvgIpc) is 3.43. The molecule has 3 aromatic rings. The molecule has 4 heterocycles. The number of hydrogen-bond donors (Lipinski definition) is 0. The Morgan fingerprint density at radius 1 is 1.18 bits per heavy atom. The summed E-state index contributed by atoms with van der Waals surface area (Å²) in [5, 5.41) is 18.4. The SMILES string of the molecule is CCc1c(C(C)N2C[C@H](CC)N(c3cc(=O)n(C)c4cn(CC#N)nc34)C[C@H]2CC)cnn1C. The highest BCUT2D eigenvalue weighted by Gasteiger charge is 2.37. The van der Waals surface area contributed by atoms with Crippen molar-refractivity contribution < 1.29 is 0 Å². The maximum absolute atomic E-state index is 12.9. The van der Waals surface area contributed by atoms with Crippen LogP contribution in [0.4, 0.5) is 5.69 Å². The molecule has 3 atom stereocenters. The monoisotopic (exact) mass is 464 g/mol. The van der Waals surface area contributed by atoms with E-state index in [0.717, 1.165) is 49.1 Å². The number of hydrogen-bond acceptors (Lipinski definition) is 6. The third-order valence-electron chi connectivity index (χ3n) is 7.54. The van der Waals surface area contributed by atoms with Crippen LogP contribution >= 0.6 is 0 Å². The maximum Gasteiger partial charge on any atom is 0.252 e. The molecule has 34 heavy (non-hydrogen) atoms. The molecule has 0 bridgehead atoms. The van der Waals surface area contributed by atoms with E-state index >= 15 is 0 Å². The molecule has 1 aliphatic heterocycles. The number of aryl methyl sites for hydroxylation is 2. The van der Waals surface area contributed by atoms with E-state index in [-0.39, 0.29) is 24.2 Å².